The Balaban J connectivity index is 1.24. The normalized spacial score (nSPS) is 12.0. The third kappa shape index (κ3) is 3.74. The molecular weight excluding hydrogens is 594 g/mol. The summed E-state index contributed by atoms with van der Waals surface area (Å²) >= 11 is 6.97. The Morgan fingerprint density at radius 2 is 0.848 bits per heavy atom. The highest BCUT2D eigenvalue weighted by molar-refractivity contribution is 6.35. The minimum Gasteiger partial charge on any atom is -0.456 e. The highest BCUT2D eigenvalue weighted by atomic mass is 35.5. The fourth-order valence-corrected chi connectivity index (χ4v) is 6.73. The van der Waals surface area contributed by atoms with Crippen LogP contribution in [-0.4, -0.2) is 15.0 Å². The highest BCUT2D eigenvalue weighted by Gasteiger charge is 2.21. The maximum atomic E-state index is 6.97. The van der Waals surface area contributed by atoms with Crippen molar-refractivity contribution < 1.29 is 13.3 Å². The van der Waals surface area contributed by atoms with Crippen LogP contribution in [-0.2, 0) is 0 Å². The maximum Gasteiger partial charge on any atom is 0.166 e. The second-order valence-corrected chi connectivity index (χ2v) is 11.7. The van der Waals surface area contributed by atoms with Crippen LogP contribution in [0.3, 0.4) is 0 Å². The summed E-state index contributed by atoms with van der Waals surface area (Å²) in [6, 6.07) is 39.8. The molecule has 10 aromatic rings. The average Bonchev–Trinajstić information content (AvgIpc) is 3.78. The van der Waals surface area contributed by atoms with Crippen LogP contribution in [0.15, 0.2) is 135 Å². The molecule has 46 heavy (non-hydrogen) atoms. The van der Waals surface area contributed by atoms with E-state index in [1.165, 1.54) is 0 Å². The van der Waals surface area contributed by atoms with Gasteiger partial charge in [-0.05, 0) is 54.6 Å². The molecule has 0 spiro atoms. The predicted molar refractivity (Wildman–Crippen MR) is 183 cm³/mol. The van der Waals surface area contributed by atoms with Crippen LogP contribution in [0.5, 0.6) is 0 Å². The molecule has 0 fully saturated rings. The molecule has 0 N–H and O–H groups in total. The van der Waals surface area contributed by atoms with Gasteiger partial charge >= 0.3 is 0 Å². The second kappa shape index (κ2) is 9.51. The van der Waals surface area contributed by atoms with E-state index >= 15 is 0 Å². The Bertz CT molecular complexity index is 2710. The van der Waals surface area contributed by atoms with Crippen molar-refractivity contribution in [1.29, 1.82) is 0 Å². The van der Waals surface area contributed by atoms with Crippen molar-refractivity contribution in [2.45, 2.75) is 0 Å². The smallest absolute Gasteiger partial charge is 0.166 e. The zero-order valence-corrected chi connectivity index (χ0v) is 24.7. The number of aromatic nitrogens is 3. The minimum absolute atomic E-state index is 0.441. The zero-order chi connectivity index (χ0) is 30.4. The van der Waals surface area contributed by atoms with Crippen LogP contribution in [0.2, 0.25) is 5.02 Å². The van der Waals surface area contributed by atoms with E-state index in [2.05, 4.69) is 24.3 Å². The standard InChI is InChI=1S/C39H20ClN3O3/c40-28-17-18-32-35(27-9-3-6-12-31(27)44-32)36(28)39-42-37(21-13-15-25-23-7-1-4-10-29(23)45-33(25)19-21)41-38(43-39)22-14-16-26-24-8-2-5-11-30(24)46-34(26)20-22/h1-20H. The van der Waals surface area contributed by atoms with E-state index in [9.17, 15) is 0 Å². The van der Waals surface area contributed by atoms with Gasteiger partial charge in [0.25, 0.3) is 0 Å². The number of hydrogen-bond acceptors (Lipinski definition) is 6. The van der Waals surface area contributed by atoms with Crippen molar-refractivity contribution in [1.82, 2.24) is 15.0 Å². The molecule has 0 radical (unpaired) electrons. The number of benzene rings is 6. The lowest BCUT2D eigenvalue weighted by atomic mass is 10.0. The Labute approximate surface area is 265 Å². The number of para-hydroxylation sites is 3. The fourth-order valence-electron chi connectivity index (χ4n) is 6.49. The number of furan rings is 3. The second-order valence-electron chi connectivity index (χ2n) is 11.3. The molecule has 7 heteroatoms. The number of hydrogen-bond donors (Lipinski definition) is 0. The van der Waals surface area contributed by atoms with E-state index in [1.54, 1.807) is 0 Å². The lowest BCUT2D eigenvalue weighted by Gasteiger charge is -2.10. The van der Waals surface area contributed by atoms with E-state index in [1.807, 2.05) is 97.1 Å². The van der Waals surface area contributed by atoms with Crippen molar-refractivity contribution in [2.75, 3.05) is 0 Å². The Morgan fingerprint density at radius 1 is 0.391 bits per heavy atom. The number of rotatable bonds is 3. The molecule has 0 amide bonds. The van der Waals surface area contributed by atoms with Gasteiger partial charge in [-0.25, -0.2) is 15.0 Å². The van der Waals surface area contributed by atoms with Crippen molar-refractivity contribution in [3.63, 3.8) is 0 Å². The lowest BCUT2D eigenvalue weighted by Crippen LogP contribution is -2.01. The van der Waals surface area contributed by atoms with E-state index in [0.29, 0.717) is 33.6 Å². The van der Waals surface area contributed by atoms with E-state index in [-0.39, 0.29) is 0 Å². The molecule has 216 valence electrons. The van der Waals surface area contributed by atoms with Crippen molar-refractivity contribution in [2.24, 2.45) is 0 Å². The molecule has 0 atom stereocenters. The van der Waals surface area contributed by atoms with Crippen LogP contribution in [0.25, 0.3) is 100.0 Å². The quantitative estimate of drug-likeness (QED) is 0.197. The van der Waals surface area contributed by atoms with Gasteiger partial charge in [-0.15, -0.1) is 0 Å². The summed E-state index contributed by atoms with van der Waals surface area (Å²) in [5.74, 6) is 1.43. The summed E-state index contributed by atoms with van der Waals surface area (Å²) < 4.78 is 18.6. The molecule has 4 aromatic heterocycles. The molecule has 0 aliphatic rings. The molecule has 0 aliphatic carbocycles. The first-order valence-electron chi connectivity index (χ1n) is 14.9. The zero-order valence-electron chi connectivity index (χ0n) is 24.0. The van der Waals surface area contributed by atoms with Gasteiger partial charge in [0, 0.05) is 49.0 Å². The molecule has 6 nitrogen and oxygen atoms in total. The van der Waals surface area contributed by atoms with Crippen LogP contribution in [0, 0.1) is 0 Å². The fraction of sp³-hybridized carbons (Fsp3) is 0. The van der Waals surface area contributed by atoms with E-state index < -0.39 is 0 Å². The first kappa shape index (κ1) is 25.4. The van der Waals surface area contributed by atoms with Gasteiger partial charge in [0.05, 0.1) is 5.02 Å². The largest absolute Gasteiger partial charge is 0.456 e. The molecular formula is C39H20ClN3O3. The molecule has 0 unspecified atom stereocenters. The first-order chi connectivity index (χ1) is 22.7. The van der Waals surface area contributed by atoms with Crippen LogP contribution >= 0.6 is 11.6 Å². The molecule has 0 bridgehead atoms. The SMILES string of the molecule is Clc1ccc2oc3ccccc3c2c1-c1nc(-c2ccc3c(c2)oc2ccccc23)nc(-c2ccc3c(c2)oc2ccccc23)n1. The highest BCUT2D eigenvalue weighted by Crippen LogP contribution is 2.41. The molecule has 0 saturated carbocycles. The summed E-state index contributed by atoms with van der Waals surface area (Å²) in [6.07, 6.45) is 0. The molecule has 10 rings (SSSR count). The molecule has 4 heterocycles. The van der Waals surface area contributed by atoms with Gasteiger partial charge in [0.15, 0.2) is 17.5 Å². The summed E-state index contributed by atoms with van der Waals surface area (Å²) in [4.78, 5) is 15.1. The molecule has 0 aliphatic heterocycles. The van der Waals surface area contributed by atoms with Crippen LogP contribution in [0.1, 0.15) is 0 Å². The molecule has 0 saturated heterocycles. The van der Waals surface area contributed by atoms with Crippen molar-refractivity contribution in [3.05, 3.63) is 126 Å². The summed E-state index contributed by atoms with van der Waals surface area (Å²) in [7, 11) is 0. The van der Waals surface area contributed by atoms with Crippen LogP contribution < -0.4 is 0 Å². The topological polar surface area (TPSA) is 78.1 Å². The maximum absolute atomic E-state index is 6.97. The first-order valence-corrected chi connectivity index (χ1v) is 15.3. The van der Waals surface area contributed by atoms with Gasteiger partial charge in [-0.1, -0.05) is 78.3 Å². The van der Waals surface area contributed by atoms with Crippen molar-refractivity contribution >= 4 is 77.4 Å². The Hall–Kier alpha value is -5.98. The predicted octanol–water partition coefficient (Wildman–Crippen LogP) is 11.2. The number of halogens is 1. The third-order valence-electron chi connectivity index (χ3n) is 8.63. The van der Waals surface area contributed by atoms with Gasteiger partial charge in [-0.3, -0.25) is 0 Å². The monoisotopic (exact) mass is 613 g/mol. The van der Waals surface area contributed by atoms with Crippen molar-refractivity contribution in [3.8, 4) is 34.2 Å². The summed E-state index contributed by atoms with van der Waals surface area (Å²) in [6.45, 7) is 0. The summed E-state index contributed by atoms with van der Waals surface area (Å²) in [5, 5.41) is 6.49. The molecule has 6 aromatic carbocycles. The Morgan fingerprint density at radius 3 is 1.43 bits per heavy atom. The minimum atomic E-state index is 0.441. The Kier molecular flexibility index (Phi) is 5.24. The number of fused-ring (bicyclic) bond motifs is 9. The van der Waals surface area contributed by atoms with Crippen LogP contribution in [0.4, 0.5) is 0 Å². The van der Waals surface area contributed by atoms with E-state index in [0.717, 1.165) is 71.4 Å². The lowest BCUT2D eigenvalue weighted by molar-refractivity contribution is 0.668. The van der Waals surface area contributed by atoms with Gasteiger partial charge in [0.1, 0.15) is 33.5 Å². The third-order valence-corrected chi connectivity index (χ3v) is 8.94. The summed E-state index contributed by atoms with van der Waals surface area (Å²) in [5.41, 5.74) is 6.91. The van der Waals surface area contributed by atoms with Gasteiger partial charge in [-0.2, -0.15) is 0 Å². The van der Waals surface area contributed by atoms with Gasteiger partial charge < -0.3 is 13.3 Å². The average molecular weight is 614 g/mol. The van der Waals surface area contributed by atoms with E-state index in [4.69, 9.17) is 39.8 Å². The van der Waals surface area contributed by atoms with Gasteiger partial charge in [0.2, 0.25) is 0 Å². The number of nitrogens with zero attached hydrogens (tertiary/aromatic N) is 3.